The van der Waals surface area contributed by atoms with Crippen molar-refractivity contribution in [2.45, 2.75) is 25.3 Å². The van der Waals surface area contributed by atoms with Crippen LogP contribution in [0.2, 0.25) is 0 Å². The first kappa shape index (κ1) is 17.7. The second kappa shape index (κ2) is 7.72. The molecule has 0 spiro atoms. The van der Waals surface area contributed by atoms with Crippen molar-refractivity contribution in [1.29, 1.82) is 0 Å². The molecular weight excluding hydrogens is 332 g/mol. The van der Waals surface area contributed by atoms with E-state index in [4.69, 9.17) is 0 Å². The number of amides is 1. The first-order valence-electron chi connectivity index (χ1n) is 7.39. The number of hydrogen-bond acceptors (Lipinski definition) is 4. The van der Waals surface area contributed by atoms with Gasteiger partial charge < -0.3 is 4.90 Å². The molecule has 1 aromatic heterocycles. The van der Waals surface area contributed by atoms with E-state index in [-0.39, 0.29) is 17.3 Å². The van der Waals surface area contributed by atoms with Crippen LogP contribution in [-0.2, 0) is 16.6 Å². The van der Waals surface area contributed by atoms with Gasteiger partial charge in [0, 0.05) is 30.1 Å². The summed E-state index contributed by atoms with van der Waals surface area (Å²) < 4.78 is 27.3. The number of nitrogens with one attached hydrogen (secondary N) is 1. The minimum absolute atomic E-state index is 0.104. The number of thiophene rings is 1. The average molecular weight is 352 g/mol. The smallest absolute Gasteiger partial charge is 0.253 e. The summed E-state index contributed by atoms with van der Waals surface area (Å²) in [5.74, 6) is -0.162. The van der Waals surface area contributed by atoms with Crippen LogP contribution in [0.5, 0.6) is 0 Å². The Morgan fingerprint density at radius 1 is 1.17 bits per heavy atom. The summed E-state index contributed by atoms with van der Waals surface area (Å²) in [6.45, 7) is 5.20. The van der Waals surface area contributed by atoms with Crippen molar-refractivity contribution in [3.05, 3.63) is 52.2 Å². The molecular formula is C16H20N2O3S2. The molecule has 0 fully saturated rings. The van der Waals surface area contributed by atoms with Crippen LogP contribution in [0.4, 0.5) is 0 Å². The third-order valence-electron chi connectivity index (χ3n) is 3.46. The standard InChI is InChI=1S/C16H20N2O3S2/c1-3-18(4-2)16(19)13-7-5-9-15(11-13)23(20,21)17-12-14-8-6-10-22-14/h5-11,17H,3-4,12H2,1-2H3. The highest BCUT2D eigenvalue weighted by Gasteiger charge is 2.18. The van der Waals surface area contributed by atoms with Gasteiger partial charge in [0.2, 0.25) is 10.0 Å². The molecule has 1 heterocycles. The zero-order chi connectivity index (χ0) is 16.9. The van der Waals surface area contributed by atoms with E-state index >= 15 is 0 Å². The van der Waals surface area contributed by atoms with Crippen LogP contribution in [-0.4, -0.2) is 32.3 Å². The number of nitrogens with zero attached hydrogens (tertiary/aromatic N) is 1. The Morgan fingerprint density at radius 2 is 1.91 bits per heavy atom. The monoisotopic (exact) mass is 352 g/mol. The number of carbonyl (C=O) groups excluding carboxylic acids is 1. The molecule has 0 radical (unpaired) electrons. The summed E-state index contributed by atoms with van der Waals surface area (Å²) in [4.78, 5) is 15.0. The van der Waals surface area contributed by atoms with E-state index in [2.05, 4.69) is 4.72 Å². The van der Waals surface area contributed by atoms with Crippen LogP contribution in [0.25, 0.3) is 0 Å². The molecule has 2 aromatic rings. The van der Waals surface area contributed by atoms with Crippen LogP contribution in [0.1, 0.15) is 29.1 Å². The molecule has 0 atom stereocenters. The summed E-state index contributed by atoms with van der Waals surface area (Å²) in [5, 5.41) is 1.90. The molecule has 23 heavy (non-hydrogen) atoms. The first-order chi connectivity index (χ1) is 11.0. The number of benzene rings is 1. The second-order valence-electron chi connectivity index (χ2n) is 4.91. The van der Waals surface area contributed by atoms with Crippen molar-refractivity contribution in [2.75, 3.05) is 13.1 Å². The van der Waals surface area contributed by atoms with Crippen molar-refractivity contribution >= 4 is 27.3 Å². The van der Waals surface area contributed by atoms with Gasteiger partial charge >= 0.3 is 0 Å². The Kier molecular flexibility index (Phi) is 5.92. The van der Waals surface area contributed by atoms with E-state index in [0.717, 1.165) is 4.88 Å². The zero-order valence-corrected chi connectivity index (χ0v) is 14.8. The minimum Gasteiger partial charge on any atom is -0.339 e. The number of carbonyl (C=O) groups is 1. The maximum absolute atomic E-state index is 12.4. The Balaban J connectivity index is 2.19. The Hall–Kier alpha value is -1.70. The quantitative estimate of drug-likeness (QED) is 0.833. The van der Waals surface area contributed by atoms with Gasteiger partial charge in [-0.05, 0) is 43.5 Å². The lowest BCUT2D eigenvalue weighted by molar-refractivity contribution is 0.0772. The lowest BCUT2D eigenvalue weighted by Crippen LogP contribution is -2.30. The van der Waals surface area contributed by atoms with Crippen molar-refractivity contribution in [3.8, 4) is 0 Å². The lowest BCUT2D eigenvalue weighted by atomic mass is 10.2. The van der Waals surface area contributed by atoms with Gasteiger partial charge in [0.15, 0.2) is 0 Å². The molecule has 1 aromatic carbocycles. The minimum atomic E-state index is -3.65. The fourth-order valence-electron chi connectivity index (χ4n) is 2.15. The van der Waals surface area contributed by atoms with E-state index in [9.17, 15) is 13.2 Å². The average Bonchev–Trinajstić information content (AvgIpc) is 3.08. The third kappa shape index (κ3) is 4.40. The van der Waals surface area contributed by atoms with Gasteiger partial charge in [0.05, 0.1) is 4.90 Å². The van der Waals surface area contributed by atoms with Gasteiger partial charge in [-0.15, -0.1) is 11.3 Å². The van der Waals surface area contributed by atoms with Gasteiger partial charge in [0.25, 0.3) is 5.91 Å². The Bertz CT molecular complexity index is 751. The fraction of sp³-hybridized carbons (Fsp3) is 0.312. The summed E-state index contributed by atoms with van der Waals surface area (Å²) >= 11 is 1.49. The van der Waals surface area contributed by atoms with Crippen molar-refractivity contribution in [2.24, 2.45) is 0 Å². The van der Waals surface area contributed by atoms with Crippen LogP contribution < -0.4 is 4.72 Å². The molecule has 2 rings (SSSR count). The maximum atomic E-state index is 12.4. The zero-order valence-electron chi connectivity index (χ0n) is 13.2. The van der Waals surface area contributed by atoms with Gasteiger partial charge in [-0.2, -0.15) is 0 Å². The van der Waals surface area contributed by atoms with Gasteiger partial charge in [-0.3, -0.25) is 4.79 Å². The van der Waals surface area contributed by atoms with E-state index in [1.54, 1.807) is 17.0 Å². The molecule has 0 aliphatic heterocycles. The Labute approximate surface area is 141 Å². The van der Waals surface area contributed by atoms with Crippen LogP contribution >= 0.6 is 11.3 Å². The van der Waals surface area contributed by atoms with E-state index in [1.807, 2.05) is 31.4 Å². The molecule has 124 valence electrons. The van der Waals surface area contributed by atoms with Crippen molar-refractivity contribution < 1.29 is 13.2 Å². The summed E-state index contributed by atoms with van der Waals surface area (Å²) in [6, 6.07) is 9.90. The Morgan fingerprint density at radius 3 is 2.52 bits per heavy atom. The van der Waals surface area contributed by atoms with Gasteiger partial charge in [-0.25, -0.2) is 13.1 Å². The molecule has 0 saturated carbocycles. The molecule has 0 saturated heterocycles. The summed E-state index contributed by atoms with van der Waals surface area (Å²) in [6.07, 6.45) is 0. The molecule has 7 heteroatoms. The molecule has 0 aliphatic carbocycles. The molecule has 0 aliphatic rings. The predicted octanol–water partition coefficient (Wildman–Crippen LogP) is 2.71. The van der Waals surface area contributed by atoms with Crippen molar-refractivity contribution in [1.82, 2.24) is 9.62 Å². The van der Waals surface area contributed by atoms with Gasteiger partial charge in [-0.1, -0.05) is 12.1 Å². The molecule has 1 amide bonds. The molecule has 5 nitrogen and oxygen atoms in total. The number of sulfonamides is 1. The van der Waals surface area contributed by atoms with E-state index in [0.29, 0.717) is 18.7 Å². The van der Waals surface area contributed by atoms with Crippen LogP contribution in [0.3, 0.4) is 0 Å². The number of rotatable bonds is 7. The predicted molar refractivity (Wildman–Crippen MR) is 92.0 cm³/mol. The van der Waals surface area contributed by atoms with E-state index < -0.39 is 10.0 Å². The lowest BCUT2D eigenvalue weighted by Gasteiger charge is -2.18. The van der Waals surface area contributed by atoms with Crippen LogP contribution in [0, 0.1) is 0 Å². The maximum Gasteiger partial charge on any atom is 0.253 e. The highest BCUT2D eigenvalue weighted by molar-refractivity contribution is 7.89. The normalized spacial score (nSPS) is 11.4. The highest BCUT2D eigenvalue weighted by atomic mass is 32.2. The molecule has 1 N–H and O–H groups in total. The van der Waals surface area contributed by atoms with Crippen LogP contribution in [0.15, 0.2) is 46.7 Å². The second-order valence-corrected chi connectivity index (χ2v) is 7.71. The van der Waals surface area contributed by atoms with Gasteiger partial charge in [0.1, 0.15) is 0 Å². The molecule has 0 unspecified atom stereocenters. The number of hydrogen-bond donors (Lipinski definition) is 1. The SMILES string of the molecule is CCN(CC)C(=O)c1cccc(S(=O)(=O)NCc2cccs2)c1. The topological polar surface area (TPSA) is 66.5 Å². The summed E-state index contributed by atoms with van der Waals surface area (Å²) in [5.41, 5.74) is 0.382. The first-order valence-corrected chi connectivity index (χ1v) is 9.75. The molecule has 0 bridgehead atoms. The largest absolute Gasteiger partial charge is 0.339 e. The highest BCUT2D eigenvalue weighted by Crippen LogP contribution is 2.15. The third-order valence-corrected chi connectivity index (χ3v) is 5.73. The summed E-state index contributed by atoms with van der Waals surface area (Å²) in [7, 11) is -3.65. The van der Waals surface area contributed by atoms with E-state index in [1.165, 1.54) is 23.5 Å². The van der Waals surface area contributed by atoms with Crippen molar-refractivity contribution in [3.63, 3.8) is 0 Å². The fourth-order valence-corrected chi connectivity index (χ4v) is 3.94.